The van der Waals surface area contributed by atoms with Crippen LogP contribution < -0.4 is 10.2 Å². The van der Waals surface area contributed by atoms with Gasteiger partial charge in [0.05, 0.1) is 16.1 Å². The summed E-state index contributed by atoms with van der Waals surface area (Å²) < 4.78 is 0. The smallest absolute Gasteiger partial charge is 0.243 e. The fourth-order valence-corrected chi connectivity index (χ4v) is 2.39. The number of halogens is 2. The lowest BCUT2D eigenvalue weighted by atomic mass is 10.1. The molecule has 0 heterocycles. The van der Waals surface area contributed by atoms with Gasteiger partial charge in [-0.05, 0) is 38.0 Å². The first-order valence-corrected chi connectivity index (χ1v) is 7.64. The maximum Gasteiger partial charge on any atom is 0.243 e. The van der Waals surface area contributed by atoms with Gasteiger partial charge >= 0.3 is 0 Å². The van der Waals surface area contributed by atoms with Crippen LogP contribution in [0.4, 0.5) is 5.69 Å². The van der Waals surface area contributed by atoms with E-state index in [9.17, 15) is 9.59 Å². The van der Waals surface area contributed by atoms with Crippen LogP contribution in [0.3, 0.4) is 0 Å². The van der Waals surface area contributed by atoms with Crippen molar-refractivity contribution in [3.63, 3.8) is 0 Å². The number of amides is 2. The minimum absolute atomic E-state index is 0.0549. The van der Waals surface area contributed by atoms with Crippen LogP contribution in [0.2, 0.25) is 10.0 Å². The van der Waals surface area contributed by atoms with Gasteiger partial charge in [-0.1, -0.05) is 23.2 Å². The molecule has 1 unspecified atom stereocenters. The molecule has 116 valence electrons. The normalized spacial score (nSPS) is 14.8. The molecule has 0 aliphatic heterocycles. The lowest BCUT2D eigenvalue weighted by Crippen LogP contribution is -2.49. The standard InChI is InChI=1S/C15H15Cl2N3O2/c1-9(14(21)19-7-6-18)20(15(22)10-2-3-10)11-4-5-12(16)13(17)8-11/h4-5,8-10H,2-3,7H2,1H3,(H,19,21). The molecule has 1 atom stereocenters. The van der Waals surface area contributed by atoms with E-state index in [1.807, 2.05) is 6.07 Å². The van der Waals surface area contributed by atoms with Crippen molar-refractivity contribution >= 4 is 40.7 Å². The zero-order valence-corrected chi connectivity index (χ0v) is 13.5. The molecule has 1 saturated carbocycles. The van der Waals surface area contributed by atoms with Gasteiger partial charge in [-0.2, -0.15) is 5.26 Å². The van der Waals surface area contributed by atoms with Crippen molar-refractivity contribution in [2.75, 3.05) is 11.4 Å². The van der Waals surface area contributed by atoms with E-state index < -0.39 is 6.04 Å². The molecule has 1 N–H and O–H groups in total. The van der Waals surface area contributed by atoms with E-state index in [1.165, 1.54) is 4.90 Å². The van der Waals surface area contributed by atoms with Crippen LogP contribution in [0.1, 0.15) is 19.8 Å². The van der Waals surface area contributed by atoms with Crippen LogP contribution in [0.5, 0.6) is 0 Å². The fourth-order valence-electron chi connectivity index (χ4n) is 2.10. The fraction of sp³-hybridized carbons (Fsp3) is 0.400. The number of hydrogen-bond donors (Lipinski definition) is 1. The van der Waals surface area contributed by atoms with Crippen LogP contribution in [0.25, 0.3) is 0 Å². The number of nitrogens with zero attached hydrogens (tertiary/aromatic N) is 2. The second kappa shape index (κ2) is 6.99. The molecule has 0 aromatic heterocycles. The first-order valence-electron chi connectivity index (χ1n) is 6.88. The average Bonchev–Trinajstić information content (AvgIpc) is 3.33. The topological polar surface area (TPSA) is 73.2 Å². The first kappa shape index (κ1) is 16.6. The third-order valence-corrected chi connectivity index (χ3v) is 4.19. The predicted octanol–water partition coefficient (Wildman–Crippen LogP) is 2.76. The minimum Gasteiger partial charge on any atom is -0.341 e. The summed E-state index contributed by atoms with van der Waals surface area (Å²) in [5.74, 6) is -0.555. The van der Waals surface area contributed by atoms with Crippen molar-refractivity contribution in [1.29, 1.82) is 5.26 Å². The summed E-state index contributed by atoms with van der Waals surface area (Å²) >= 11 is 11.9. The molecule has 1 aromatic carbocycles. The molecule has 1 aromatic rings. The molecule has 2 amide bonds. The summed E-state index contributed by atoms with van der Waals surface area (Å²) in [7, 11) is 0. The van der Waals surface area contributed by atoms with Crippen LogP contribution >= 0.6 is 23.2 Å². The van der Waals surface area contributed by atoms with Crippen molar-refractivity contribution in [2.45, 2.75) is 25.8 Å². The lowest BCUT2D eigenvalue weighted by Gasteiger charge is -2.28. The van der Waals surface area contributed by atoms with Crippen LogP contribution in [0.15, 0.2) is 18.2 Å². The Morgan fingerprint density at radius 2 is 2.09 bits per heavy atom. The highest BCUT2D eigenvalue weighted by Crippen LogP contribution is 2.35. The molecular weight excluding hydrogens is 325 g/mol. The Balaban J connectivity index is 2.29. The third-order valence-electron chi connectivity index (χ3n) is 3.45. The van der Waals surface area contributed by atoms with Crippen molar-refractivity contribution in [3.8, 4) is 6.07 Å². The highest BCUT2D eigenvalue weighted by Gasteiger charge is 2.38. The van der Waals surface area contributed by atoms with Gasteiger partial charge in [-0.25, -0.2) is 0 Å². The quantitative estimate of drug-likeness (QED) is 0.838. The molecule has 7 heteroatoms. The van der Waals surface area contributed by atoms with Crippen molar-refractivity contribution < 1.29 is 9.59 Å². The molecule has 22 heavy (non-hydrogen) atoms. The van der Waals surface area contributed by atoms with Crippen molar-refractivity contribution in [3.05, 3.63) is 28.2 Å². The summed E-state index contributed by atoms with van der Waals surface area (Å²) in [6.07, 6.45) is 1.65. The molecule has 1 aliphatic rings. The van der Waals surface area contributed by atoms with Crippen LogP contribution in [0, 0.1) is 17.2 Å². The van der Waals surface area contributed by atoms with E-state index >= 15 is 0 Å². The van der Waals surface area contributed by atoms with E-state index in [0.29, 0.717) is 15.7 Å². The number of rotatable bonds is 5. The van der Waals surface area contributed by atoms with Gasteiger partial charge in [0.25, 0.3) is 0 Å². The molecule has 2 rings (SSSR count). The molecule has 1 fully saturated rings. The second-order valence-corrected chi connectivity index (χ2v) is 5.95. The molecule has 0 radical (unpaired) electrons. The van der Waals surface area contributed by atoms with E-state index in [0.717, 1.165) is 12.8 Å². The zero-order valence-electron chi connectivity index (χ0n) is 12.0. The Labute approximate surface area is 138 Å². The summed E-state index contributed by atoms with van der Waals surface area (Å²) in [5.41, 5.74) is 0.519. The maximum absolute atomic E-state index is 12.5. The van der Waals surface area contributed by atoms with Gasteiger partial charge in [-0.3, -0.25) is 14.5 Å². The predicted molar refractivity (Wildman–Crippen MR) is 84.8 cm³/mol. The largest absolute Gasteiger partial charge is 0.341 e. The summed E-state index contributed by atoms with van der Waals surface area (Å²) in [6, 6.07) is 5.91. The van der Waals surface area contributed by atoms with Crippen molar-refractivity contribution in [1.82, 2.24) is 5.32 Å². The van der Waals surface area contributed by atoms with Gasteiger partial charge in [0.15, 0.2) is 0 Å². The zero-order chi connectivity index (χ0) is 16.3. The van der Waals surface area contributed by atoms with Crippen molar-refractivity contribution in [2.24, 2.45) is 5.92 Å². The number of nitriles is 1. The Bertz CT molecular complexity index is 638. The highest BCUT2D eigenvalue weighted by molar-refractivity contribution is 6.42. The number of benzene rings is 1. The number of nitrogens with one attached hydrogen (secondary N) is 1. The number of hydrogen-bond acceptors (Lipinski definition) is 3. The van der Waals surface area contributed by atoms with Gasteiger partial charge < -0.3 is 5.32 Å². The monoisotopic (exact) mass is 339 g/mol. The first-order chi connectivity index (χ1) is 10.5. The number of carbonyl (C=O) groups excluding carboxylic acids is 2. The minimum atomic E-state index is -0.737. The number of carbonyl (C=O) groups is 2. The average molecular weight is 340 g/mol. The summed E-state index contributed by atoms with van der Waals surface area (Å²) in [5, 5.41) is 11.7. The van der Waals surface area contributed by atoms with Gasteiger partial charge in [0, 0.05) is 11.6 Å². The molecule has 1 aliphatic carbocycles. The van der Waals surface area contributed by atoms with Gasteiger partial charge in [0.1, 0.15) is 12.6 Å². The summed E-state index contributed by atoms with van der Waals surface area (Å²) in [4.78, 5) is 26.1. The van der Waals surface area contributed by atoms with E-state index in [2.05, 4.69) is 5.32 Å². The molecule has 0 spiro atoms. The second-order valence-electron chi connectivity index (χ2n) is 5.13. The Morgan fingerprint density at radius 3 is 2.64 bits per heavy atom. The molecule has 5 nitrogen and oxygen atoms in total. The van der Waals surface area contributed by atoms with E-state index in [-0.39, 0.29) is 24.3 Å². The van der Waals surface area contributed by atoms with Crippen LogP contribution in [-0.4, -0.2) is 24.4 Å². The molecular formula is C15H15Cl2N3O2. The Morgan fingerprint density at radius 1 is 1.41 bits per heavy atom. The van der Waals surface area contributed by atoms with Crippen LogP contribution in [-0.2, 0) is 9.59 Å². The Kier molecular flexibility index (Phi) is 5.28. The SMILES string of the molecule is CC(C(=O)NCC#N)N(C(=O)C1CC1)c1ccc(Cl)c(Cl)c1. The lowest BCUT2D eigenvalue weighted by molar-refractivity contribution is -0.126. The molecule has 0 saturated heterocycles. The molecule has 0 bridgehead atoms. The van der Waals surface area contributed by atoms with E-state index in [4.69, 9.17) is 28.5 Å². The van der Waals surface area contributed by atoms with Gasteiger partial charge in [0.2, 0.25) is 11.8 Å². The van der Waals surface area contributed by atoms with E-state index in [1.54, 1.807) is 25.1 Å². The van der Waals surface area contributed by atoms with Gasteiger partial charge in [-0.15, -0.1) is 0 Å². The summed E-state index contributed by atoms with van der Waals surface area (Å²) in [6.45, 7) is 1.52. The highest BCUT2D eigenvalue weighted by atomic mass is 35.5. The number of anilines is 1. The third kappa shape index (κ3) is 3.70. The Hall–Kier alpha value is -1.77. The maximum atomic E-state index is 12.5.